The molecular weight excluding hydrogens is 392 g/mol. The largest absolute Gasteiger partial charge is 0.486 e. The molecule has 7 nitrogen and oxygen atoms in total. The number of carbonyl (C=O) groups excluding carboxylic acids is 1. The van der Waals surface area contributed by atoms with Crippen LogP contribution in [0.2, 0.25) is 0 Å². The summed E-state index contributed by atoms with van der Waals surface area (Å²) in [5, 5.41) is 4.68. The number of fused-ring (bicyclic) bond motifs is 2. The highest BCUT2D eigenvalue weighted by Crippen LogP contribution is 2.33. The van der Waals surface area contributed by atoms with Crippen molar-refractivity contribution >= 4 is 32.4 Å². The van der Waals surface area contributed by atoms with E-state index in [4.69, 9.17) is 9.47 Å². The number of nitrogens with one attached hydrogen (secondary N) is 1. The summed E-state index contributed by atoms with van der Waals surface area (Å²) in [6.07, 6.45) is 0. The van der Waals surface area contributed by atoms with Gasteiger partial charge >= 0.3 is 0 Å². The molecule has 0 bridgehead atoms. The predicted molar refractivity (Wildman–Crippen MR) is 110 cm³/mol. The number of hydrogen-bond donors (Lipinski definition) is 1. The van der Waals surface area contributed by atoms with Gasteiger partial charge in [-0.05, 0) is 23.6 Å². The van der Waals surface area contributed by atoms with E-state index in [0.717, 1.165) is 15.1 Å². The molecule has 0 unspecified atom stereocenters. The second kappa shape index (κ2) is 7.73. The summed E-state index contributed by atoms with van der Waals surface area (Å²) in [6.45, 7) is 0.465. The van der Waals surface area contributed by atoms with Crippen LogP contribution in [0.1, 0.15) is 0 Å². The lowest BCUT2D eigenvalue weighted by Gasteiger charge is -2.21. The summed E-state index contributed by atoms with van der Waals surface area (Å²) in [7, 11) is -2.50. The molecule has 1 aliphatic rings. The average Bonchev–Trinajstić information content (AvgIpc) is 2.73. The Hall–Kier alpha value is -3.10. The van der Waals surface area contributed by atoms with Crippen molar-refractivity contribution in [2.24, 2.45) is 0 Å². The molecule has 0 radical (unpaired) electrons. The Morgan fingerprint density at radius 3 is 2.55 bits per heavy atom. The molecule has 29 heavy (non-hydrogen) atoms. The molecule has 3 aromatic carbocycles. The molecule has 0 aromatic heterocycles. The summed E-state index contributed by atoms with van der Waals surface area (Å²) in [5.74, 6) is 0.461. The fourth-order valence-corrected chi connectivity index (χ4v) is 4.32. The van der Waals surface area contributed by atoms with Crippen molar-refractivity contribution in [1.29, 1.82) is 0 Å². The van der Waals surface area contributed by atoms with Gasteiger partial charge in [0, 0.05) is 24.2 Å². The van der Waals surface area contributed by atoms with Crippen molar-refractivity contribution in [2.75, 3.05) is 32.1 Å². The molecule has 0 aliphatic carbocycles. The summed E-state index contributed by atoms with van der Waals surface area (Å²) < 4.78 is 37.6. The first-order valence-corrected chi connectivity index (χ1v) is 10.5. The van der Waals surface area contributed by atoms with Crippen LogP contribution >= 0.6 is 0 Å². The third-order valence-electron chi connectivity index (χ3n) is 4.65. The van der Waals surface area contributed by atoms with Crippen molar-refractivity contribution in [2.45, 2.75) is 4.90 Å². The molecule has 0 saturated heterocycles. The van der Waals surface area contributed by atoms with Crippen molar-refractivity contribution in [3.63, 3.8) is 0 Å². The van der Waals surface area contributed by atoms with Gasteiger partial charge < -0.3 is 14.8 Å². The van der Waals surface area contributed by atoms with Gasteiger partial charge in [0.1, 0.15) is 13.2 Å². The molecule has 0 saturated carbocycles. The number of sulfonamides is 1. The van der Waals surface area contributed by atoms with Crippen LogP contribution < -0.4 is 14.8 Å². The second-order valence-electron chi connectivity index (χ2n) is 6.64. The highest BCUT2D eigenvalue weighted by Gasteiger charge is 2.25. The molecule has 3 aromatic rings. The Balaban J connectivity index is 1.50. The minimum Gasteiger partial charge on any atom is -0.486 e. The van der Waals surface area contributed by atoms with Crippen molar-refractivity contribution in [1.82, 2.24) is 4.31 Å². The zero-order chi connectivity index (χ0) is 20.4. The van der Waals surface area contributed by atoms with Crippen LogP contribution in [0.5, 0.6) is 11.5 Å². The molecule has 1 amide bonds. The number of benzene rings is 3. The molecule has 0 spiro atoms. The van der Waals surface area contributed by atoms with Gasteiger partial charge in [-0.1, -0.05) is 36.4 Å². The molecule has 1 aliphatic heterocycles. The van der Waals surface area contributed by atoms with Crippen molar-refractivity contribution < 1.29 is 22.7 Å². The molecule has 0 atom stereocenters. The van der Waals surface area contributed by atoms with E-state index >= 15 is 0 Å². The van der Waals surface area contributed by atoms with E-state index in [2.05, 4.69) is 5.32 Å². The van der Waals surface area contributed by atoms with E-state index in [0.29, 0.717) is 30.4 Å². The quantitative estimate of drug-likeness (QED) is 0.697. The van der Waals surface area contributed by atoms with Gasteiger partial charge in [-0.25, -0.2) is 8.42 Å². The van der Waals surface area contributed by atoms with E-state index in [1.54, 1.807) is 12.1 Å². The lowest BCUT2D eigenvalue weighted by Crippen LogP contribution is -2.35. The Morgan fingerprint density at radius 1 is 1.00 bits per heavy atom. The number of carbonyl (C=O) groups is 1. The number of hydrogen-bond acceptors (Lipinski definition) is 5. The number of likely N-dealkylation sites (N-methyl/N-ethyl adjacent to an activating group) is 1. The third kappa shape index (κ3) is 3.90. The van der Waals surface area contributed by atoms with Gasteiger partial charge in [-0.3, -0.25) is 4.79 Å². The molecule has 1 heterocycles. The zero-order valence-electron chi connectivity index (χ0n) is 15.8. The predicted octanol–water partition coefficient (Wildman–Crippen LogP) is 2.87. The van der Waals surface area contributed by atoms with E-state index in [-0.39, 0.29) is 11.4 Å². The highest BCUT2D eigenvalue weighted by atomic mass is 32.2. The Morgan fingerprint density at radius 2 is 1.72 bits per heavy atom. The maximum Gasteiger partial charge on any atom is 0.243 e. The van der Waals surface area contributed by atoms with E-state index < -0.39 is 15.9 Å². The van der Waals surface area contributed by atoms with Gasteiger partial charge in [0.05, 0.1) is 11.4 Å². The average molecular weight is 412 g/mol. The van der Waals surface area contributed by atoms with Crippen LogP contribution in [0.15, 0.2) is 65.6 Å². The monoisotopic (exact) mass is 412 g/mol. The van der Waals surface area contributed by atoms with Gasteiger partial charge in [-0.2, -0.15) is 4.31 Å². The molecule has 0 fully saturated rings. The summed E-state index contributed by atoms with van der Waals surface area (Å²) >= 11 is 0. The first-order valence-electron chi connectivity index (χ1n) is 9.09. The zero-order valence-corrected chi connectivity index (χ0v) is 16.6. The Labute approximate surface area is 168 Å². The van der Waals surface area contributed by atoms with E-state index in [1.165, 1.54) is 19.2 Å². The van der Waals surface area contributed by atoms with Crippen LogP contribution in [0.3, 0.4) is 0 Å². The minimum absolute atomic E-state index is 0.0437. The standard InChI is InChI=1S/C21H20N2O5S/c1-23(29(25,26)16-9-10-19-20(13-16)28-12-11-27-19)14-21(24)22-18-8-4-6-15-5-2-3-7-17(15)18/h2-10,13H,11-12,14H2,1H3,(H,22,24). The molecular formula is C21H20N2O5S. The minimum atomic E-state index is -3.87. The highest BCUT2D eigenvalue weighted by molar-refractivity contribution is 7.89. The lowest BCUT2D eigenvalue weighted by atomic mass is 10.1. The Kier molecular flexibility index (Phi) is 5.12. The summed E-state index contributed by atoms with van der Waals surface area (Å²) in [4.78, 5) is 12.6. The summed E-state index contributed by atoms with van der Waals surface area (Å²) in [6, 6.07) is 17.7. The maximum atomic E-state index is 12.9. The summed E-state index contributed by atoms with van der Waals surface area (Å²) in [5.41, 5.74) is 0.637. The number of rotatable bonds is 5. The van der Waals surface area contributed by atoms with Crippen LogP contribution in [0.25, 0.3) is 10.8 Å². The smallest absolute Gasteiger partial charge is 0.243 e. The van der Waals surface area contributed by atoms with Gasteiger partial charge in [0.15, 0.2) is 11.5 Å². The van der Waals surface area contributed by atoms with Crippen LogP contribution in [-0.4, -0.2) is 45.4 Å². The first-order chi connectivity index (χ1) is 13.9. The fraction of sp³-hybridized carbons (Fsp3) is 0.190. The number of anilines is 1. The number of amides is 1. The molecule has 4 rings (SSSR count). The molecule has 1 N–H and O–H groups in total. The number of nitrogens with zero attached hydrogens (tertiary/aromatic N) is 1. The van der Waals surface area contributed by atoms with Crippen molar-refractivity contribution in [3.8, 4) is 11.5 Å². The van der Waals surface area contributed by atoms with Crippen LogP contribution in [-0.2, 0) is 14.8 Å². The molecule has 8 heteroatoms. The van der Waals surface area contributed by atoms with E-state index in [9.17, 15) is 13.2 Å². The third-order valence-corrected chi connectivity index (χ3v) is 6.45. The lowest BCUT2D eigenvalue weighted by molar-refractivity contribution is -0.116. The van der Waals surface area contributed by atoms with Gasteiger partial charge in [0.25, 0.3) is 0 Å². The van der Waals surface area contributed by atoms with Crippen molar-refractivity contribution in [3.05, 3.63) is 60.7 Å². The topological polar surface area (TPSA) is 84.9 Å². The first kappa shape index (κ1) is 19.2. The van der Waals surface area contributed by atoms with Crippen LogP contribution in [0, 0.1) is 0 Å². The number of ether oxygens (including phenoxy) is 2. The van der Waals surface area contributed by atoms with Gasteiger partial charge in [0.2, 0.25) is 15.9 Å². The maximum absolute atomic E-state index is 12.9. The SMILES string of the molecule is CN(CC(=O)Nc1cccc2ccccc12)S(=O)(=O)c1ccc2c(c1)OCCO2. The normalized spacial score (nSPS) is 13.4. The fourth-order valence-electron chi connectivity index (χ4n) is 3.18. The Bertz CT molecular complexity index is 1170. The second-order valence-corrected chi connectivity index (χ2v) is 8.69. The van der Waals surface area contributed by atoms with Crippen LogP contribution in [0.4, 0.5) is 5.69 Å². The molecule has 150 valence electrons. The van der Waals surface area contributed by atoms with E-state index in [1.807, 2.05) is 36.4 Å². The van der Waals surface area contributed by atoms with Gasteiger partial charge in [-0.15, -0.1) is 0 Å².